The highest BCUT2D eigenvalue weighted by Crippen LogP contribution is 2.11. The van der Waals surface area contributed by atoms with Crippen LogP contribution in [0.15, 0.2) is 22.0 Å². The molecule has 1 rings (SSSR count). The number of nitrogens with zero attached hydrogens (tertiary/aromatic N) is 2. The van der Waals surface area contributed by atoms with E-state index in [1.54, 1.807) is 12.4 Å². The van der Waals surface area contributed by atoms with Crippen LogP contribution in [0.25, 0.3) is 0 Å². The summed E-state index contributed by atoms with van der Waals surface area (Å²) in [5.41, 5.74) is 2.34. The smallest absolute Gasteiger partial charge is 0.158 e. The highest BCUT2D eigenvalue weighted by atomic mass is 15.3. The molecule has 0 fully saturated rings. The Balaban J connectivity index is 2.83. The van der Waals surface area contributed by atoms with E-state index in [1.165, 1.54) is 0 Å². The molecule has 11 heavy (non-hydrogen) atoms. The number of aliphatic imine (C=N–C) groups is 2. The van der Waals surface area contributed by atoms with Gasteiger partial charge in [0.15, 0.2) is 5.82 Å². The Morgan fingerprint density at radius 1 is 1.45 bits per heavy atom. The van der Waals surface area contributed by atoms with Crippen molar-refractivity contribution in [3.05, 3.63) is 12.0 Å². The third kappa shape index (κ3) is 2.16. The standard InChI is InChI=1S/C7H12N4/c1-7(2)4-9-3-6(11-8)10-5-7/h3-5,11H,8H2,1-2H3. The Morgan fingerprint density at radius 3 is 2.82 bits per heavy atom. The summed E-state index contributed by atoms with van der Waals surface area (Å²) in [6.45, 7) is 4.04. The monoisotopic (exact) mass is 152 g/mol. The van der Waals surface area contributed by atoms with Crippen molar-refractivity contribution in [1.82, 2.24) is 5.43 Å². The maximum atomic E-state index is 5.16. The van der Waals surface area contributed by atoms with Crippen molar-refractivity contribution in [3.8, 4) is 0 Å². The minimum atomic E-state index is -0.0882. The Morgan fingerprint density at radius 2 is 2.18 bits per heavy atom. The highest BCUT2D eigenvalue weighted by molar-refractivity contribution is 5.89. The van der Waals surface area contributed by atoms with Gasteiger partial charge in [0.2, 0.25) is 0 Å². The van der Waals surface area contributed by atoms with Crippen molar-refractivity contribution < 1.29 is 0 Å². The molecule has 60 valence electrons. The molecule has 0 atom stereocenters. The van der Waals surface area contributed by atoms with Gasteiger partial charge in [-0.05, 0) is 13.8 Å². The van der Waals surface area contributed by atoms with Crippen LogP contribution in [0.3, 0.4) is 0 Å². The van der Waals surface area contributed by atoms with Gasteiger partial charge in [-0.2, -0.15) is 0 Å². The van der Waals surface area contributed by atoms with Crippen molar-refractivity contribution in [1.29, 1.82) is 0 Å². The highest BCUT2D eigenvalue weighted by Gasteiger charge is 2.12. The minimum absolute atomic E-state index is 0.0882. The van der Waals surface area contributed by atoms with E-state index in [4.69, 9.17) is 5.84 Å². The fourth-order valence-electron chi connectivity index (χ4n) is 0.677. The van der Waals surface area contributed by atoms with E-state index in [-0.39, 0.29) is 5.41 Å². The lowest BCUT2D eigenvalue weighted by Crippen LogP contribution is -2.20. The van der Waals surface area contributed by atoms with Crippen LogP contribution < -0.4 is 11.3 Å². The number of hydrazine groups is 1. The van der Waals surface area contributed by atoms with E-state index >= 15 is 0 Å². The molecule has 0 amide bonds. The van der Waals surface area contributed by atoms with E-state index in [0.717, 1.165) is 0 Å². The average Bonchev–Trinajstić information content (AvgIpc) is 2.10. The maximum absolute atomic E-state index is 5.16. The van der Waals surface area contributed by atoms with E-state index in [9.17, 15) is 0 Å². The van der Waals surface area contributed by atoms with Gasteiger partial charge in [-0.3, -0.25) is 4.99 Å². The molecule has 0 aliphatic carbocycles. The number of rotatable bonds is 1. The first-order valence-electron chi connectivity index (χ1n) is 3.40. The van der Waals surface area contributed by atoms with Crippen molar-refractivity contribution in [2.24, 2.45) is 21.2 Å². The average molecular weight is 152 g/mol. The molecule has 0 saturated carbocycles. The van der Waals surface area contributed by atoms with Crippen LogP contribution in [-0.4, -0.2) is 12.4 Å². The van der Waals surface area contributed by atoms with Gasteiger partial charge in [-0.25, -0.2) is 10.8 Å². The SMILES string of the molecule is CC1(C)C=NC=C(NN)N=C1. The first-order valence-corrected chi connectivity index (χ1v) is 3.40. The molecule has 0 aromatic rings. The second-order valence-electron chi connectivity index (χ2n) is 3.02. The minimum Gasteiger partial charge on any atom is -0.307 e. The van der Waals surface area contributed by atoms with Crippen LogP contribution in [0.1, 0.15) is 13.8 Å². The first-order chi connectivity index (χ1) is 5.14. The van der Waals surface area contributed by atoms with E-state index in [1.807, 2.05) is 20.1 Å². The van der Waals surface area contributed by atoms with Gasteiger partial charge >= 0.3 is 0 Å². The van der Waals surface area contributed by atoms with Gasteiger partial charge in [0.25, 0.3) is 0 Å². The predicted molar refractivity (Wildman–Crippen MR) is 46.2 cm³/mol. The van der Waals surface area contributed by atoms with Crippen molar-refractivity contribution in [3.63, 3.8) is 0 Å². The van der Waals surface area contributed by atoms with Crippen LogP contribution in [0.2, 0.25) is 0 Å². The van der Waals surface area contributed by atoms with Crippen LogP contribution in [-0.2, 0) is 0 Å². The molecular weight excluding hydrogens is 140 g/mol. The lowest BCUT2D eigenvalue weighted by molar-refractivity contribution is 0.763. The van der Waals surface area contributed by atoms with Crippen LogP contribution in [0.5, 0.6) is 0 Å². The molecule has 0 aromatic carbocycles. The Hall–Kier alpha value is -1.16. The maximum Gasteiger partial charge on any atom is 0.158 e. The number of nitrogens with one attached hydrogen (secondary N) is 1. The van der Waals surface area contributed by atoms with Gasteiger partial charge in [0, 0.05) is 17.8 Å². The molecule has 0 bridgehead atoms. The zero-order chi connectivity index (χ0) is 8.32. The summed E-state index contributed by atoms with van der Waals surface area (Å²) in [5, 5.41) is 0. The van der Waals surface area contributed by atoms with E-state index < -0.39 is 0 Å². The van der Waals surface area contributed by atoms with Crippen LogP contribution in [0, 0.1) is 5.41 Å². The van der Waals surface area contributed by atoms with E-state index in [0.29, 0.717) is 5.82 Å². The van der Waals surface area contributed by atoms with Crippen molar-refractivity contribution >= 4 is 12.4 Å². The lowest BCUT2D eigenvalue weighted by Gasteiger charge is -2.09. The Bertz CT molecular complexity index is 225. The third-order valence-corrected chi connectivity index (χ3v) is 1.29. The normalized spacial score (nSPS) is 20.8. The molecule has 0 saturated heterocycles. The molecule has 1 aliphatic rings. The van der Waals surface area contributed by atoms with Crippen LogP contribution in [0.4, 0.5) is 0 Å². The summed E-state index contributed by atoms with van der Waals surface area (Å²) in [5.74, 6) is 5.73. The quantitative estimate of drug-likeness (QED) is 0.423. The predicted octanol–water partition coefficient (Wildman–Crippen LogP) is 0.430. The fraction of sp³-hybridized carbons (Fsp3) is 0.429. The molecule has 1 aliphatic heterocycles. The topological polar surface area (TPSA) is 62.8 Å². The molecule has 3 N–H and O–H groups in total. The summed E-state index contributed by atoms with van der Waals surface area (Å²) in [7, 11) is 0. The van der Waals surface area contributed by atoms with Gasteiger partial charge in [-0.1, -0.05) is 0 Å². The van der Waals surface area contributed by atoms with Crippen molar-refractivity contribution in [2.75, 3.05) is 0 Å². The van der Waals surface area contributed by atoms with Gasteiger partial charge < -0.3 is 5.43 Å². The molecular formula is C7H12N4. The Labute approximate surface area is 65.9 Å². The molecule has 0 radical (unpaired) electrons. The fourth-order valence-corrected chi connectivity index (χ4v) is 0.677. The first kappa shape index (κ1) is 7.94. The lowest BCUT2D eigenvalue weighted by atomic mass is 9.98. The molecule has 0 aromatic heterocycles. The van der Waals surface area contributed by atoms with E-state index in [2.05, 4.69) is 15.4 Å². The van der Waals surface area contributed by atoms with Gasteiger partial charge in [-0.15, -0.1) is 0 Å². The van der Waals surface area contributed by atoms with Gasteiger partial charge in [0.05, 0.1) is 6.20 Å². The molecule has 1 heterocycles. The summed E-state index contributed by atoms with van der Waals surface area (Å²) in [4.78, 5) is 8.09. The van der Waals surface area contributed by atoms with Crippen LogP contribution >= 0.6 is 0 Å². The second-order valence-corrected chi connectivity index (χ2v) is 3.02. The zero-order valence-corrected chi connectivity index (χ0v) is 6.70. The molecule has 4 heteroatoms. The summed E-state index contributed by atoms with van der Waals surface area (Å²) in [6.07, 6.45) is 5.21. The third-order valence-electron chi connectivity index (χ3n) is 1.29. The number of hydrogen-bond donors (Lipinski definition) is 2. The summed E-state index contributed by atoms with van der Waals surface area (Å²) < 4.78 is 0. The molecule has 4 nitrogen and oxygen atoms in total. The summed E-state index contributed by atoms with van der Waals surface area (Å²) in [6, 6.07) is 0. The largest absolute Gasteiger partial charge is 0.307 e. The number of nitrogens with two attached hydrogens (primary N) is 1. The molecule has 0 unspecified atom stereocenters. The van der Waals surface area contributed by atoms with Gasteiger partial charge in [0.1, 0.15) is 0 Å². The number of hydrogen-bond acceptors (Lipinski definition) is 4. The zero-order valence-electron chi connectivity index (χ0n) is 6.70. The second kappa shape index (κ2) is 2.84. The summed E-state index contributed by atoms with van der Waals surface area (Å²) >= 11 is 0. The Kier molecular flexibility index (Phi) is 2.05. The van der Waals surface area contributed by atoms with Crippen molar-refractivity contribution in [2.45, 2.75) is 13.8 Å². The molecule has 0 spiro atoms.